The van der Waals surface area contributed by atoms with Gasteiger partial charge in [-0.3, -0.25) is 4.79 Å². The molecule has 1 aromatic rings. The van der Waals surface area contributed by atoms with Gasteiger partial charge in [0.05, 0.1) is 13.5 Å². The van der Waals surface area contributed by atoms with Crippen LogP contribution in [0.4, 0.5) is 0 Å². The van der Waals surface area contributed by atoms with Gasteiger partial charge in [-0.1, -0.05) is 24.6 Å². The quantitative estimate of drug-likeness (QED) is 0.907. The lowest BCUT2D eigenvalue weighted by molar-refractivity contribution is -0.121. The Morgan fingerprint density at radius 1 is 1.40 bits per heavy atom. The van der Waals surface area contributed by atoms with E-state index in [1.165, 1.54) is 12.8 Å². The van der Waals surface area contributed by atoms with Gasteiger partial charge in [-0.05, 0) is 31.6 Å². The van der Waals surface area contributed by atoms with Crippen molar-refractivity contribution in [3.8, 4) is 5.75 Å². The fraction of sp³-hybridized carbons (Fsp3) is 0.562. The van der Waals surface area contributed by atoms with Gasteiger partial charge in [-0.25, -0.2) is 0 Å². The first-order valence-electron chi connectivity index (χ1n) is 7.17. The number of benzene rings is 1. The van der Waals surface area contributed by atoms with Crippen LogP contribution in [0, 0.1) is 0 Å². The molecule has 0 spiro atoms. The Hall–Kier alpha value is -1.16. The molecular formula is C16H23NO2S. The van der Waals surface area contributed by atoms with Gasteiger partial charge in [0, 0.05) is 16.9 Å². The first-order chi connectivity index (χ1) is 9.72. The van der Waals surface area contributed by atoms with Crippen LogP contribution in [0.3, 0.4) is 0 Å². The van der Waals surface area contributed by atoms with E-state index in [4.69, 9.17) is 4.74 Å². The van der Waals surface area contributed by atoms with Crippen LogP contribution in [-0.4, -0.2) is 30.6 Å². The molecule has 1 N–H and O–H groups in total. The maximum atomic E-state index is 12.2. The van der Waals surface area contributed by atoms with E-state index in [0.29, 0.717) is 17.7 Å². The molecule has 1 aliphatic carbocycles. The zero-order valence-corrected chi connectivity index (χ0v) is 13.0. The molecule has 110 valence electrons. The number of ether oxygens (including phenoxy) is 1. The molecule has 0 bridgehead atoms. The summed E-state index contributed by atoms with van der Waals surface area (Å²) in [4.78, 5) is 12.2. The van der Waals surface area contributed by atoms with Crippen molar-refractivity contribution in [2.45, 2.75) is 43.4 Å². The lowest BCUT2D eigenvalue weighted by Crippen LogP contribution is -2.39. The number of nitrogens with one attached hydrogen (secondary N) is 1. The van der Waals surface area contributed by atoms with Crippen LogP contribution in [-0.2, 0) is 11.2 Å². The average Bonchev–Trinajstić information content (AvgIpc) is 2.48. The highest BCUT2D eigenvalue weighted by atomic mass is 32.2. The van der Waals surface area contributed by atoms with Gasteiger partial charge in [0.2, 0.25) is 5.91 Å². The summed E-state index contributed by atoms with van der Waals surface area (Å²) in [5.74, 6) is 0.884. The second kappa shape index (κ2) is 7.58. The molecule has 0 unspecified atom stereocenters. The van der Waals surface area contributed by atoms with Crippen molar-refractivity contribution in [2.24, 2.45) is 0 Å². The van der Waals surface area contributed by atoms with Gasteiger partial charge in [0.25, 0.3) is 0 Å². The zero-order valence-electron chi connectivity index (χ0n) is 12.2. The minimum Gasteiger partial charge on any atom is -0.496 e. The SMILES string of the molecule is COc1ccccc1CC(=O)N[C@@H]1CCC[C@H](SC)C1. The van der Waals surface area contributed by atoms with E-state index in [-0.39, 0.29) is 5.91 Å². The normalized spacial score (nSPS) is 22.3. The standard InChI is InChI=1S/C16H23NO2S/c1-19-15-9-4-3-6-12(15)10-16(18)17-13-7-5-8-14(11-13)20-2/h3-4,6,9,13-14H,5,7-8,10-11H2,1-2H3,(H,17,18)/t13-,14+/m1/s1. The van der Waals surface area contributed by atoms with Gasteiger partial charge in [-0.2, -0.15) is 11.8 Å². The molecule has 2 rings (SSSR count). The number of rotatable bonds is 5. The van der Waals surface area contributed by atoms with Crippen LogP contribution < -0.4 is 10.1 Å². The molecule has 2 atom stereocenters. The van der Waals surface area contributed by atoms with Crippen molar-refractivity contribution in [3.05, 3.63) is 29.8 Å². The molecule has 20 heavy (non-hydrogen) atoms. The fourth-order valence-corrected chi connectivity index (χ4v) is 3.62. The van der Waals surface area contributed by atoms with Crippen LogP contribution >= 0.6 is 11.8 Å². The van der Waals surface area contributed by atoms with Crippen LogP contribution in [0.15, 0.2) is 24.3 Å². The van der Waals surface area contributed by atoms with Crippen molar-refractivity contribution in [2.75, 3.05) is 13.4 Å². The van der Waals surface area contributed by atoms with E-state index < -0.39 is 0 Å². The number of carbonyl (C=O) groups is 1. The smallest absolute Gasteiger partial charge is 0.224 e. The summed E-state index contributed by atoms with van der Waals surface area (Å²) in [6, 6.07) is 8.04. The highest BCUT2D eigenvalue weighted by Gasteiger charge is 2.22. The van der Waals surface area contributed by atoms with Crippen molar-refractivity contribution >= 4 is 17.7 Å². The third-order valence-corrected chi connectivity index (χ3v) is 4.96. The number of thioether (sulfide) groups is 1. The number of amides is 1. The lowest BCUT2D eigenvalue weighted by atomic mass is 9.94. The third kappa shape index (κ3) is 4.17. The molecule has 0 radical (unpaired) electrons. The fourth-order valence-electron chi connectivity index (χ4n) is 2.79. The second-order valence-electron chi connectivity index (χ2n) is 5.28. The number of hydrogen-bond donors (Lipinski definition) is 1. The first kappa shape index (κ1) is 15.2. The Kier molecular flexibility index (Phi) is 5.77. The molecule has 0 heterocycles. The molecule has 1 fully saturated rings. The topological polar surface area (TPSA) is 38.3 Å². The largest absolute Gasteiger partial charge is 0.496 e. The van der Waals surface area contributed by atoms with Gasteiger partial charge in [0.15, 0.2) is 0 Å². The van der Waals surface area contributed by atoms with E-state index in [0.717, 1.165) is 24.2 Å². The predicted molar refractivity (Wildman–Crippen MR) is 84.4 cm³/mol. The van der Waals surface area contributed by atoms with E-state index in [1.807, 2.05) is 36.0 Å². The predicted octanol–water partition coefficient (Wildman–Crippen LogP) is 3.03. The van der Waals surface area contributed by atoms with Crippen molar-refractivity contribution in [1.82, 2.24) is 5.32 Å². The zero-order chi connectivity index (χ0) is 14.4. The Balaban J connectivity index is 1.89. The van der Waals surface area contributed by atoms with Crippen molar-refractivity contribution < 1.29 is 9.53 Å². The average molecular weight is 293 g/mol. The molecule has 1 aromatic carbocycles. The highest BCUT2D eigenvalue weighted by Crippen LogP contribution is 2.27. The number of hydrogen-bond acceptors (Lipinski definition) is 3. The van der Waals surface area contributed by atoms with E-state index >= 15 is 0 Å². The molecular weight excluding hydrogens is 270 g/mol. The van der Waals surface area contributed by atoms with E-state index in [9.17, 15) is 4.79 Å². The minimum atomic E-state index is 0.0984. The number of methoxy groups -OCH3 is 1. The maximum absolute atomic E-state index is 12.2. The Morgan fingerprint density at radius 2 is 2.20 bits per heavy atom. The molecule has 0 aromatic heterocycles. The molecule has 1 aliphatic rings. The highest BCUT2D eigenvalue weighted by molar-refractivity contribution is 7.99. The molecule has 4 heteroatoms. The van der Waals surface area contributed by atoms with Crippen molar-refractivity contribution in [1.29, 1.82) is 0 Å². The van der Waals surface area contributed by atoms with Crippen LogP contribution in [0.1, 0.15) is 31.2 Å². The van der Waals surface area contributed by atoms with Gasteiger partial charge in [0.1, 0.15) is 5.75 Å². The number of para-hydroxylation sites is 1. The Labute approximate surface area is 125 Å². The summed E-state index contributed by atoms with van der Waals surface area (Å²) < 4.78 is 5.29. The summed E-state index contributed by atoms with van der Waals surface area (Å²) in [6.07, 6.45) is 7.24. The van der Waals surface area contributed by atoms with Gasteiger partial charge < -0.3 is 10.1 Å². The second-order valence-corrected chi connectivity index (χ2v) is 6.42. The van der Waals surface area contributed by atoms with Gasteiger partial charge >= 0.3 is 0 Å². The molecule has 0 saturated heterocycles. The molecule has 1 amide bonds. The Morgan fingerprint density at radius 3 is 2.95 bits per heavy atom. The third-order valence-electron chi connectivity index (χ3n) is 3.87. The number of carbonyl (C=O) groups excluding carboxylic acids is 1. The summed E-state index contributed by atoms with van der Waals surface area (Å²) in [6.45, 7) is 0. The first-order valence-corrected chi connectivity index (χ1v) is 8.45. The van der Waals surface area contributed by atoms with E-state index in [1.54, 1.807) is 7.11 Å². The van der Waals surface area contributed by atoms with Crippen LogP contribution in [0.25, 0.3) is 0 Å². The monoisotopic (exact) mass is 293 g/mol. The maximum Gasteiger partial charge on any atom is 0.224 e. The molecule has 0 aliphatic heterocycles. The van der Waals surface area contributed by atoms with Crippen LogP contribution in [0.2, 0.25) is 0 Å². The molecule has 3 nitrogen and oxygen atoms in total. The van der Waals surface area contributed by atoms with Crippen molar-refractivity contribution in [3.63, 3.8) is 0 Å². The summed E-state index contributed by atoms with van der Waals surface area (Å²) in [5.41, 5.74) is 0.949. The lowest BCUT2D eigenvalue weighted by Gasteiger charge is -2.28. The summed E-state index contributed by atoms with van der Waals surface area (Å²) in [5, 5.41) is 3.87. The Bertz CT molecular complexity index is 450. The summed E-state index contributed by atoms with van der Waals surface area (Å²) in [7, 11) is 1.64. The minimum absolute atomic E-state index is 0.0984. The van der Waals surface area contributed by atoms with Crippen LogP contribution in [0.5, 0.6) is 5.75 Å². The summed E-state index contributed by atoms with van der Waals surface area (Å²) >= 11 is 1.92. The van der Waals surface area contributed by atoms with E-state index in [2.05, 4.69) is 11.6 Å². The molecule has 1 saturated carbocycles. The van der Waals surface area contributed by atoms with Gasteiger partial charge in [-0.15, -0.1) is 0 Å².